The van der Waals surface area contributed by atoms with E-state index in [0.29, 0.717) is 13.2 Å². The summed E-state index contributed by atoms with van der Waals surface area (Å²) >= 11 is 0. The highest BCUT2D eigenvalue weighted by Crippen LogP contribution is 2.21. The van der Waals surface area contributed by atoms with Gasteiger partial charge < -0.3 is 14.2 Å². The molecular weight excluding hydrogens is 264 g/mol. The second-order valence-electron chi connectivity index (χ2n) is 5.33. The number of hydrogen-bond donors (Lipinski definition) is 0. The molecule has 0 unspecified atom stereocenters. The van der Waals surface area contributed by atoms with E-state index in [-0.39, 0.29) is 5.91 Å². The zero-order valence-electron chi connectivity index (χ0n) is 12.5. The first-order chi connectivity index (χ1) is 10.2. The monoisotopic (exact) mass is 284 g/mol. The maximum Gasteiger partial charge on any atom is 0.254 e. The molecule has 2 aromatic rings. The number of hydrogen-bond acceptors (Lipinski definition) is 2. The zero-order valence-corrected chi connectivity index (χ0v) is 12.5. The summed E-state index contributed by atoms with van der Waals surface area (Å²) in [6.07, 6.45) is 2.98. The average Bonchev–Trinajstić information content (AvgIpc) is 2.88. The van der Waals surface area contributed by atoms with Gasteiger partial charge in [-0.3, -0.25) is 4.79 Å². The number of rotatable bonds is 3. The van der Waals surface area contributed by atoms with Gasteiger partial charge in [-0.2, -0.15) is 0 Å². The first-order valence-electron chi connectivity index (χ1n) is 7.34. The SMILES string of the molecule is CCOc1ccc(C(=O)N2CCc3c(ccn3C)C2)cc1. The normalized spacial score (nSPS) is 13.9. The van der Waals surface area contributed by atoms with Crippen LogP contribution >= 0.6 is 0 Å². The van der Waals surface area contributed by atoms with E-state index in [0.717, 1.165) is 24.3 Å². The lowest BCUT2D eigenvalue weighted by Crippen LogP contribution is -2.36. The second kappa shape index (κ2) is 5.64. The van der Waals surface area contributed by atoms with Crippen molar-refractivity contribution in [3.63, 3.8) is 0 Å². The van der Waals surface area contributed by atoms with Crippen molar-refractivity contribution in [2.24, 2.45) is 7.05 Å². The van der Waals surface area contributed by atoms with Crippen molar-refractivity contribution in [3.8, 4) is 5.75 Å². The Morgan fingerprint density at radius 3 is 2.71 bits per heavy atom. The van der Waals surface area contributed by atoms with E-state index in [1.165, 1.54) is 11.3 Å². The summed E-state index contributed by atoms with van der Waals surface area (Å²) in [5.74, 6) is 0.894. The molecule has 0 saturated heterocycles. The highest BCUT2D eigenvalue weighted by atomic mass is 16.5. The Morgan fingerprint density at radius 1 is 1.24 bits per heavy atom. The number of nitrogens with zero attached hydrogens (tertiary/aromatic N) is 2. The van der Waals surface area contributed by atoms with Crippen molar-refractivity contribution >= 4 is 5.91 Å². The lowest BCUT2D eigenvalue weighted by atomic mass is 10.1. The van der Waals surface area contributed by atoms with Gasteiger partial charge >= 0.3 is 0 Å². The Morgan fingerprint density at radius 2 is 2.00 bits per heavy atom. The minimum absolute atomic E-state index is 0.0903. The number of ether oxygens (including phenoxy) is 1. The summed E-state index contributed by atoms with van der Waals surface area (Å²) in [7, 11) is 2.06. The van der Waals surface area contributed by atoms with Gasteiger partial charge in [-0.15, -0.1) is 0 Å². The van der Waals surface area contributed by atoms with Crippen LogP contribution in [0.5, 0.6) is 5.75 Å². The van der Waals surface area contributed by atoms with Crippen LogP contribution in [0.2, 0.25) is 0 Å². The zero-order chi connectivity index (χ0) is 14.8. The summed E-state index contributed by atoms with van der Waals surface area (Å²) in [4.78, 5) is 14.5. The summed E-state index contributed by atoms with van der Waals surface area (Å²) in [5.41, 5.74) is 3.31. The third kappa shape index (κ3) is 2.66. The molecule has 1 aromatic heterocycles. The van der Waals surface area contributed by atoms with Crippen molar-refractivity contribution < 1.29 is 9.53 Å². The van der Waals surface area contributed by atoms with Gasteiger partial charge in [0, 0.05) is 44.0 Å². The largest absolute Gasteiger partial charge is 0.494 e. The van der Waals surface area contributed by atoms with Gasteiger partial charge in [0.25, 0.3) is 5.91 Å². The molecule has 1 aliphatic rings. The van der Waals surface area contributed by atoms with Crippen LogP contribution in [-0.4, -0.2) is 28.5 Å². The predicted molar refractivity (Wildman–Crippen MR) is 81.5 cm³/mol. The molecule has 4 nitrogen and oxygen atoms in total. The Kier molecular flexibility index (Phi) is 3.69. The van der Waals surface area contributed by atoms with Crippen molar-refractivity contribution in [2.75, 3.05) is 13.2 Å². The molecule has 21 heavy (non-hydrogen) atoms. The van der Waals surface area contributed by atoms with Gasteiger partial charge in [0.1, 0.15) is 5.75 Å². The van der Waals surface area contributed by atoms with E-state index in [2.05, 4.69) is 23.9 Å². The number of amides is 1. The average molecular weight is 284 g/mol. The molecule has 4 heteroatoms. The van der Waals surface area contributed by atoms with Crippen LogP contribution in [-0.2, 0) is 20.0 Å². The van der Waals surface area contributed by atoms with Gasteiger partial charge in [-0.1, -0.05) is 0 Å². The molecule has 0 N–H and O–H groups in total. The van der Waals surface area contributed by atoms with Crippen LogP contribution in [0.1, 0.15) is 28.5 Å². The maximum atomic E-state index is 12.6. The molecule has 0 saturated carbocycles. The molecule has 0 fully saturated rings. The van der Waals surface area contributed by atoms with E-state index < -0.39 is 0 Å². The highest BCUT2D eigenvalue weighted by molar-refractivity contribution is 5.94. The standard InChI is InChI=1S/C17H20N2O2/c1-3-21-15-6-4-13(5-7-15)17(20)19-11-9-16-14(12-19)8-10-18(16)2/h4-8,10H,3,9,11-12H2,1-2H3. The molecule has 0 radical (unpaired) electrons. The summed E-state index contributed by atoms with van der Waals surface area (Å²) < 4.78 is 7.55. The van der Waals surface area contributed by atoms with E-state index in [9.17, 15) is 4.79 Å². The number of carbonyl (C=O) groups excluding carboxylic acids is 1. The molecule has 110 valence electrons. The fourth-order valence-electron chi connectivity index (χ4n) is 2.84. The van der Waals surface area contributed by atoms with Crippen LogP contribution < -0.4 is 4.74 Å². The quantitative estimate of drug-likeness (QED) is 0.868. The van der Waals surface area contributed by atoms with Gasteiger partial charge in [-0.05, 0) is 42.8 Å². The number of carbonyl (C=O) groups is 1. The Balaban J connectivity index is 1.74. The van der Waals surface area contributed by atoms with E-state index in [4.69, 9.17) is 4.74 Å². The lowest BCUT2D eigenvalue weighted by molar-refractivity contribution is 0.0733. The second-order valence-corrected chi connectivity index (χ2v) is 5.33. The van der Waals surface area contributed by atoms with Crippen LogP contribution in [0, 0.1) is 0 Å². The number of aryl methyl sites for hydroxylation is 1. The van der Waals surface area contributed by atoms with Gasteiger partial charge in [0.05, 0.1) is 6.61 Å². The third-order valence-electron chi connectivity index (χ3n) is 3.97. The van der Waals surface area contributed by atoms with Crippen molar-refractivity contribution in [1.82, 2.24) is 9.47 Å². The van der Waals surface area contributed by atoms with E-state index in [1.54, 1.807) is 0 Å². The highest BCUT2D eigenvalue weighted by Gasteiger charge is 2.23. The van der Waals surface area contributed by atoms with Gasteiger partial charge in [0.15, 0.2) is 0 Å². The third-order valence-corrected chi connectivity index (χ3v) is 3.97. The molecule has 1 aromatic carbocycles. The number of benzene rings is 1. The smallest absolute Gasteiger partial charge is 0.254 e. The fourth-order valence-corrected chi connectivity index (χ4v) is 2.84. The minimum Gasteiger partial charge on any atom is -0.494 e. The van der Waals surface area contributed by atoms with Crippen LogP contribution in [0.15, 0.2) is 36.5 Å². The van der Waals surface area contributed by atoms with Crippen LogP contribution in [0.4, 0.5) is 0 Å². The van der Waals surface area contributed by atoms with Crippen LogP contribution in [0.25, 0.3) is 0 Å². The van der Waals surface area contributed by atoms with Gasteiger partial charge in [0.2, 0.25) is 0 Å². The maximum absolute atomic E-state index is 12.6. The lowest BCUT2D eigenvalue weighted by Gasteiger charge is -2.28. The summed E-state index contributed by atoms with van der Waals surface area (Å²) in [5, 5.41) is 0. The molecule has 0 aliphatic carbocycles. The molecule has 3 rings (SSSR count). The molecule has 1 amide bonds. The Labute approximate surface area is 124 Å². The summed E-state index contributed by atoms with van der Waals surface area (Å²) in [6.45, 7) is 4.06. The van der Waals surface area contributed by atoms with Crippen molar-refractivity contribution in [3.05, 3.63) is 53.3 Å². The Hall–Kier alpha value is -2.23. The van der Waals surface area contributed by atoms with Crippen molar-refractivity contribution in [2.45, 2.75) is 19.9 Å². The van der Waals surface area contributed by atoms with Crippen LogP contribution in [0.3, 0.4) is 0 Å². The van der Waals surface area contributed by atoms with Crippen molar-refractivity contribution in [1.29, 1.82) is 0 Å². The molecule has 1 aliphatic heterocycles. The summed E-state index contributed by atoms with van der Waals surface area (Å²) in [6, 6.07) is 9.50. The number of fused-ring (bicyclic) bond motifs is 1. The predicted octanol–water partition coefficient (Wildman–Crippen LogP) is 2.62. The molecule has 2 heterocycles. The molecule has 0 bridgehead atoms. The fraction of sp³-hybridized carbons (Fsp3) is 0.353. The molecule has 0 spiro atoms. The van der Waals surface area contributed by atoms with E-state index in [1.807, 2.05) is 36.1 Å². The first-order valence-corrected chi connectivity index (χ1v) is 7.34. The Bertz CT molecular complexity index is 643. The topological polar surface area (TPSA) is 34.5 Å². The first kappa shape index (κ1) is 13.7. The van der Waals surface area contributed by atoms with Gasteiger partial charge in [-0.25, -0.2) is 0 Å². The molecule has 0 atom stereocenters. The minimum atomic E-state index is 0.0903. The number of aromatic nitrogens is 1. The molecular formula is C17H20N2O2. The van der Waals surface area contributed by atoms with E-state index >= 15 is 0 Å².